The van der Waals surface area contributed by atoms with Crippen molar-refractivity contribution in [1.82, 2.24) is 10.3 Å². The third kappa shape index (κ3) is 3.00. The average molecular weight is 280 g/mol. The predicted octanol–water partition coefficient (Wildman–Crippen LogP) is 1.98. The Bertz CT molecular complexity index is 629. The Balaban J connectivity index is 2.00. The molecule has 0 aromatic carbocycles. The van der Waals surface area contributed by atoms with Crippen molar-refractivity contribution in [3.63, 3.8) is 0 Å². The van der Waals surface area contributed by atoms with Gasteiger partial charge in [-0.1, -0.05) is 0 Å². The van der Waals surface area contributed by atoms with Gasteiger partial charge in [0.05, 0.1) is 6.54 Å². The quantitative estimate of drug-likeness (QED) is 0.893. The SMILES string of the molecule is Cc1cc(C)c(C(=O)NCc2nc(C(=O)O)cs2)o1. The first-order valence-electron chi connectivity index (χ1n) is 5.50. The molecule has 2 aromatic heterocycles. The topological polar surface area (TPSA) is 92.4 Å². The van der Waals surface area contributed by atoms with E-state index in [0.29, 0.717) is 10.8 Å². The number of aromatic carboxylic acids is 1. The van der Waals surface area contributed by atoms with E-state index in [4.69, 9.17) is 9.52 Å². The molecule has 6 nitrogen and oxygen atoms in total. The number of carboxylic acid groups (broad SMARTS) is 1. The Morgan fingerprint density at radius 2 is 2.21 bits per heavy atom. The molecule has 0 fully saturated rings. The first-order valence-corrected chi connectivity index (χ1v) is 6.38. The van der Waals surface area contributed by atoms with E-state index in [1.54, 1.807) is 19.9 Å². The molecule has 1 amide bonds. The molecule has 0 unspecified atom stereocenters. The fourth-order valence-corrected chi connectivity index (χ4v) is 2.30. The number of nitrogens with one attached hydrogen (secondary N) is 1. The van der Waals surface area contributed by atoms with Gasteiger partial charge >= 0.3 is 5.97 Å². The van der Waals surface area contributed by atoms with Gasteiger partial charge in [0.25, 0.3) is 5.91 Å². The summed E-state index contributed by atoms with van der Waals surface area (Å²) in [4.78, 5) is 26.4. The number of amides is 1. The van der Waals surface area contributed by atoms with Crippen LogP contribution < -0.4 is 5.32 Å². The fourth-order valence-electron chi connectivity index (χ4n) is 1.59. The van der Waals surface area contributed by atoms with Crippen molar-refractivity contribution in [2.24, 2.45) is 0 Å². The number of hydrogen-bond acceptors (Lipinski definition) is 5. The van der Waals surface area contributed by atoms with E-state index in [1.807, 2.05) is 0 Å². The zero-order valence-electron chi connectivity index (χ0n) is 10.4. The molecule has 7 heteroatoms. The summed E-state index contributed by atoms with van der Waals surface area (Å²) in [6.45, 7) is 3.73. The molecular weight excluding hydrogens is 268 g/mol. The van der Waals surface area contributed by atoms with Crippen LogP contribution >= 0.6 is 11.3 Å². The highest BCUT2D eigenvalue weighted by Crippen LogP contribution is 2.14. The zero-order valence-corrected chi connectivity index (χ0v) is 11.2. The number of carbonyl (C=O) groups excluding carboxylic acids is 1. The highest BCUT2D eigenvalue weighted by molar-refractivity contribution is 7.09. The van der Waals surface area contributed by atoms with E-state index in [1.165, 1.54) is 16.7 Å². The van der Waals surface area contributed by atoms with Gasteiger partial charge < -0.3 is 14.8 Å². The highest BCUT2D eigenvalue weighted by Gasteiger charge is 2.15. The van der Waals surface area contributed by atoms with E-state index in [-0.39, 0.29) is 23.9 Å². The Morgan fingerprint density at radius 1 is 1.47 bits per heavy atom. The van der Waals surface area contributed by atoms with Crippen LogP contribution in [0, 0.1) is 13.8 Å². The van der Waals surface area contributed by atoms with Crippen molar-refractivity contribution in [1.29, 1.82) is 0 Å². The van der Waals surface area contributed by atoms with Crippen molar-refractivity contribution in [2.45, 2.75) is 20.4 Å². The lowest BCUT2D eigenvalue weighted by Gasteiger charge is -2.01. The number of carbonyl (C=O) groups is 2. The fraction of sp³-hybridized carbons (Fsp3) is 0.250. The van der Waals surface area contributed by atoms with Gasteiger partial charge in [-0.2, -0.15) is 0 Å². The summed E-state index contributed by atoms with van der Waals surface area (Å²) in [7, 11) is 0. The molecular formula is C12H12N2O4S. The summed E-state index contributed by atoms with van der Waals surface area (Å²) < 4.78 is 5.28. The normalized spacial score (nSPS) is 10.4. The number of thiazole rings is 1. The Kier molecular flexibility index (Phi) is 3.66. The predicted molar refractivity (Wildman–Crippen MR) is 68.4 cm³/mol. The molecule has 0 bridgehead atoms. The molecule has 0 radical (unpaired) electrons. The summed E-state index contributed by atoms with van der Waals surface area (Å²) in [5.41, 5.74) is 0.750. The van der Waals surface area contributed by atoms with Crippen molar-refractivity contribution >= 4 is 23.2 Å². The number of rotatable bonds is 4. The van der Waals surface area contributed by atoms with Crippen LogP contribution in [0.15, 0.2) is 15.9 Å². The van der Waals surface area contributed by atoms with Gasteiger partial charge in [-0.15, -0.1) is 11.3 Å². The smallest absolute Gasteiger partial charge is 0.355 e. The molecule has 2 aromatic rings. The summed E-state index contributed by atoms with van der Waals surface area (Å²) in [5, 5.41) is 13.3. The van der Waals surface area contributed by atoms with Crippen molar-refractivity contribution in [2.75, 3.05) is 0 Å². The molecule has 0 atom stereocenters. The number of carboxylic acids is 1. The molecule has 100 valence electrons. The lowest BCUT2D eigenvalue weighted by atomic mass is 10.2. The van der Waals surface area contributed by atoms with Crippen LogP contribution in [0.5, 0.6) is 0 Å². The molecule has 2 heterocycles. The standard InChI is InChI=1S/C12H12N2O4S/c1-6-3-7(2)18-10(6)11(15)13-4-9-14-8(5-19-9)12(16)17/h3,5H,4H2,1-2H3,(H,13,15)(H,16,17). The molecule has 2 N–H and O–H groups in total. The minimum absolute atomic E-state index is 0.0146. The first-order chi connectivity index (χ1) is 8.97. The zero-order chi connectivity index (χ0) is 14.0. The summed E-state index contributed by atoms with van der Waals surface area (Å²) in [6, 6.07) is 1.78. The highest BCUT2D eigenvalue weighted by atomic mass is 32.1. The maximum Gasteiger partial charge on any atom is 0.355 e. The minimum atomic E-state index is -1.08. The molecule has 0 spiro atoms. The van der Waals surface area contributed by atoms with E-state index in [0.717, 1.165) is 5.56 Å². The Morgan fingerprint density at radius 3 is 2.74 bits per heavy atom. The monoisotopic (exact) mass is 280 g/mol. The van der Waals surface area contributed by atoms with Gasteiger partial charge in [-0.05, 0) is 19.9 Å². The van der Waals surface area contributed by atoms with Gasteiger partial charge in [0.1, 0.15) is 10.8 Å². The molecule has 0 aliphatic carbocycles. The van der Waals surface area contributed by atoms with Crippen molar-refractivity contribution in [3.05, 3.63) is 39.2 Å². The van der Waals surface area contributed by atoms with Gasteiger partial charge in [0.15, 0.2) is 11.5 Å². The van der Waals surface area contributed by atoms with Crippen LogP contribution in [0.4, 0.5) is 0 Å². The first kappa shape index (κ1) is 13.3. The lowest BCUT2D eigenvalue weighted by Crippen LogP contribution is -2.23. The molecule has 0 aliphatic heterocycles. The number of hydrogen-bond donors (Lipinski definition) is 2. The number of aryl methyl sites for hydroxylation is 2. The average Bonchev–Trinajstić information content (AvgIpc) is 2.93. The van der Waals surface area contributed by atoms with E-state index in [2.05, 4.69) is 10.3 Å². The maximum absolute atomic E-state index is 11.8. The Hall–Kier alpha value is -2.15. The largest absolute Gasteiger partial charge is 0.476 e. The number of furan rings is 1. The van der Waals surface area contributed by atoms with Crippen LogP contribution in [0.1, 0.15) is 37.4 Å². The summed E-state index contributed by atoms with van der Waals surface area (Å²) in [6.07, 6.45) is 0. The van der Waals surface area contributed by atoms with Crippen LogP contribution in [0.2, 0.25) is 0 Å². The van der Waals surface area contributed by atoms with E-state index < -0.39 is 5.97 Å². The van der Waals surface area contributed by atoms with Crippen LogP contribution in [-0.4, -0.2) is 22.0 Å². The van der Waals surface area contributed by atoms with Gasteiger partial charge in [-0.25, -0.2) is 9.78 Å². The third-order valence-electron chi connectivity index (χ3n) is 2.42. The van der Waals surface area contributed by atoms with Crippen LogP contribution in [0.3, 0.4) is 0 Å². The lowest BCUT2D eigenvalue weighted by molar-refractivity contribution is 0.0691. The second kappa shape index (κ2) is 5.23. The van der Waals surface area contributed by atoms with Gasteiger partial charge in [-0.3, -0.25) is 4.79 Å². The van der Waals surface area contributed by atoms with E-state index >= 15 is 0 Å². The second-order valence-electron chi connectivity index (χ2n) is 3.98. The maximum atomic E-state index is 11.8. The molecule has 0 aliphatic rings. The number of aromatic nitrogens is 1. The van der Waals surface area contributed by atoms with Gasteiger partial charge in [0.2, 0.25) is 0 Å². The third-order valence-corrected chi connectivity index (χ3v) is 3.27. The molecule has 0 saturated heterocycles. The molecule has 0 saturated carbocycles. The summed E-state index contributed by atoms with van der Waals surface area (Å²) in [5.74, 6) is -0.471. The summed E-state index contributed by atoms with van der Waals surface area (Å²) >= 11 is 1.19. The van der Waals surface area contributed by atoms with E-state index in [9.17, 15) is 9.59 Å². The second-order valence-corrected chi connectivity index (χ2v) is 4.93. The van der Waals surface area contributed by atoms with Crippen molar-refractivity contribution < 1.29 is 19.1 Å². The van der Waals surface area contributed by atoms with Crippen molar-refractivity contribution in [3.8, 4) is 0 Å². The van der Waals surface area contributed by atoms with Crippen LogP contribution in [-0.2, 0) is 6.54 Å². The molecule has 19 heavy (non-hydrogen) atoms. The van der Waals surface area contributed by atoms with Crippen LogP contribution in [0.25, 0.3) is 0 Å². The Labute approximate surface area is 113 Å². The number of nitrogens with zero attached hydrogens (tertiary/aromatic N) is 1. The van der Waals surface area contributed by atoms with Gasteiger partial charge in [0, 0.05) is 10.9 Å². The minimum Gasteiger partial charge on any atom is -0.476 e. The molecule has 2 rings (SSSR count).